The summed E-state index contributed by atoms with van der Waals surface area (Å²) in [4.78, 5) is -1.36. The van der Waals surface area contributed by atoms with Crippen LogP contribution in [0.3, 0.4) is 0 Å². The van der Waals surface area contributed by atoms with Crippen LogP contribution < -0.4 is 10.5 Å². The van der Waals surface area contributed by atoms with E-state index < -0.39 is 38.2 Å². The maximum Gasteiger partial charge on any atom is 0.267 e. The number of nitrogen functional groups attached to an aromatic ring is 1. The molecule has 0 aromatic heterocycles. The maximum atomic E-state index is 13.5. The fourth-order valence-electron chi connectivity index (χ4n) is 1.58. The van der Waals surface area contributed by atoms with E-state index in [2.05, 4.69) is 0 Å². The van der Waals surface area contributed by atoms with Crippen LogP contribution in [-0.2, 0) is 10.0 Å². The Labute approximate surface area is 117 Å². The fraction of sp³-hybridized carbons (Fsp3) is 0. The first-order valence-electron chi connectivity index (χ1n) is 5.43. The van der Waals surface area contributed by atoms with Gasteiger partial charge in [-0.1, -0.05) is 0 Å². The molecule has 0 fully saturated rings. The normalized spacial score (nSPS) is 11.4. The molecular formula is C12H8F4N2O2S. The van der Waals surface area contributed by atoms with Crippen LogP contribution in [0.2, 0.25) is 0 Å². The average Bonchev–Trinajstić information content (AvgIpc) is 2.31. The molecule has 112 valence electrons. The molecule has 0 aliphatic heterocycles. The Balaban J connectivity index is 2.46. The van der Waals surface area contributed by atoms with Gasteiger partial charge in [0.25, 0.3) is 10.0 Å². The second kappa shape index (κ2) is 5.24. The van der Waals surface area contributed by atoms with Crippen LogP contribution in [0.15, 0.2) is 35.2 Å². The number of anilines is 2. The van der Waals surface area contributed by atoms with Gasteiger partial charge in [0.15, 0.2) is 4.90 Å². The summed E-state index contributed by atoms with van der Waals surface area (Å²) in [5, 5.41) is 0. The van der Waals surface area contributed by atoms with Crippen molar-refractivity contribution in [2.75, 3.05) is 10.5 Å². The molecule has 0 atom stereocenters. The van der Waals surface area contributed by atoms with Gasteiger partial charge in [-0.25, -0.2) is 26.0 Å². The van der Waals surface area contributed by atoms with E-state index >= 15 is 0 Å². The van der Waals surface area contributed by atoms with Crippen molar-refractivity contribution in [1.29, 1.82) is 0 Å². The largest absolute Gasteiger partial charge is 0.396 e. The number of hydrogen-bond donors (Lipinski definition) is 2. The molecule has 21 heavy (non-hydrogen) atoms. The first-order valence-corrected chi connectivity index (χ1v) is 6.91. The smallest absolute Gasteiger partial charge is 0.267 e. The minimum absolute atomic E-state index is 0.223. The first kappa shape index (κ1) is 15.1. The van der Waals surface area contributed by atoms with Gasteiger partial charge in [-0.3, -0.25) is 4.72 Å². The molecule has 0 spiro atoms. The van der Waals surface area contributed by atoms with Crippen molar-refractivity contribution in [3.05, 3.63) is 53.6 Å². The van der Waals surface area contributed by atoms with Gasteiger partial charge >= 0.3 is 0 Å². The van der Waals surface area contributed by atoms with Gasteiger partial charge in [-0.2, -0.15) is 0 Å². The van der Waals surface area contributed by atoms with Crippen LogP contribution >= 0.6 is 0 Å². The zero-order valence-corrected chi connectivity index (χ0v) is 11.0. The molecule has 2 aromatic carbocycles. The third-order valence-electron chi connectivity index (χ3n) is 2.48. The zero-order chi connectivity index (χ0) is 15.8. The molecule has 0 heterocycles. The lowest BCUT2D eigenvalue weighted by molar-refractivity contribution is 0.498. The van der Waals surface area contributed by atoms with E-state index in [-0.39, 0.29) is 23.5 Å². The molecule has 0 saturated heterocycles. The monoisotopic (exact) mass is 320 g/mol. The second-order valence-corrected chi connectivity index (χ2v) is 5.66. The number of hydrogen-bond acceptors (Lipinski definition) is 3. The third kappa shape index (κ3) is 3.07. The molecule has 2 aromatic rings. The Morgan fingerprint density at radius 3 is 2.00 bits per heavy atom. The van der Waals surface area contributed by atoms with Gasteiger partial charge in [0.2, 0.25) is 0 Å². The first-order chi connectivity index (χ1) is 9.70. The SMILES string of the molecule is Nc1ccc(NS(=O)(=O)c2c(F)cc(F)cc2F)cc1F. The Morgan fingerprint density at radius 2 is 1.48 bits per heavy atom. The number of nitrogens with two attached hydrogens (primary N) is 1. The summed E-state index contributed by atoms with van der Waals surface area (Å²) in [6.07, 6.45) is 0. The third-order valence-corrected chi connectivity index (χ3v) is 3.92. The molecule has 0 unspecified atom stereocenters. The summed E-state index contributed by atoms with van der Waals surface area (Å²) >= 11 is 0. The van der Waals surface area contributed by atoms with Crippen molar-refractivity contribution >= 4 is 21.4 Å². The molecule has 2 rings (SSSR count). The van der Waals surface area contributed by atoms with Crippen molar-refractivity contribution in [3.8, 4) is 0 Å². The predicted octanol–water partition coefficient (Wildman–Crippen LogP) is 2.63. The molecule has 3 N–H and O–H groups in total. The highest BCUT2D eigenvalue weighted by Gasteiger charge is 2.25. The van der Waals surface area contributed by atoms with Crippen LogP contribution in [0, 0.1) is 23.3 Å². The fourth-order valence-corrected chi connectivity index (χ4v) is 2.75. The molecule has 0 aliphatic carbocycles. The topological polar surface area (TPSA) is 72.2 Å². The second-order valence-electron chi connectivity index (χ2n) is 4.04. The Morgan fingerprint density at radius 1 is 0.905 bits per heavy atom. The van der Waals surface area contributed by atoms with Gasteiger partial charge in [-0.15, -0.1) is 0 Å². The number of nitrogens with one attached hydrogen (secondary N) is 1. The van der Waals surface area contributed by atoms with Crippen molar-refractivity contribution in [1.82, 2.24) is 0 Å². The number of halogens is 4. The van der Waals surface area contributed by atoms with Crippen LogP contribution in [-0.4, -0.2) is 8.42 Å². The summed E-state index contributed by atoms with van der Waals surface area (Å²) in [5.41, 5.74) is 4.70. The number of rotatable bonds is 3. The minimum Gasteiger partial charge on any atom is -0.396 e. The van der Waals surface area contributed by atoms with Crippen molar-refractivity contribution in [3.63, 3.8) is 0 Å². The molecule has 0 radical (unpaired) electrons. The predicted molar refractivity (Wildman–Crippen MR) is 67.9 cm³/mol. The average molecular weight is 320 g/mol. The van der Waals surface area contributed by atoms with Crippen molar-refractivity contribution in [2.24, 2.45) is 0 Å². The summed E-state index contributed by atoms with van der Waals surface area (Å²) < 4.78 is 78.4. The van der Waals surface area contributed by atoms with E-state index in [9.17, 15) is 26.0 Å². The summed E-state index contributed by atoms with van der Waals surface area (Å²) in [6.45, 7) is 0. The number of benzene rings is 2. The lowest BCUT2D eigenvalue weighted by Crippen LogP contribution is -2.17. The van der Waals surface area contributed by atoms with E-state index in [0.717, 1.165) is 18.2 Å². The molecule has 0 amide bonds. The van der Waals surface area contributed by atoms with Crippen LogP contribution in [0.25, 0.3) is 0 Å². The summed E-state index contributed by atoms with van der Waals surface area (Å²) in [5.74, 6) is -5.37. The molecule has 9 heteroatoms. The van der Waals surface area contributed by atoms with E-state index in [1.807, 2.05) is 0 Å². The molecular weight excluding hydrogens is 312 g/mol. The standard InChI is InChI=1S/C12H8F4N2O2S/c13-6-3-9(15)12(10(16)4-6)21(19,20)18-7-1-2-11(17)8(14)5-7/h1-5,18H,17H2. The molecule has 0 aliphatic rings. The van der Waals surface area contributed by atoms with Gasteiger partial charge in [0, 0.05) is 18.2 Å². The van der Waals surface area contributed by atoms with E-state index in [0.29, 0.717) is 0 Å². The zero-order valence-electron chi connectivity index (χ0n) is 10.2. The van der Waals surface area contributed by atoms with Gasteiger partial charge < -0.3 is 5.73 Å². The summed E-state index contributed by atoms with van der Waals surface area (Å²) in [7, 11) is -4.70. The molecule has 4 nitrogen and oxygen atoms in total. The highest BCUT2D eigenvalue weighted by atomic mass is 32.2. The highest BCUT2D eigenvalue weighted by Crippen LogP contribution is 2.24. The molecule has 0 saturated carbocycles. The highest BCUT2D eigenvalue weighted by molar-refractivity contribution is 7.92. The van der Waals surface area contributed by atoms with Crippen LogP contribution in [0.5, 0.6) is 0 Å². The van der Waals surface area contributed by atoms with Crippen LogP contribution in [0.4, 0.5) is 28.9 Å². The van der Waals surface area contributed by atoms with Gasteiger partial charge in [0.05, 0.1) is 11.4 Å². The molecule has 0 bridgehead atoms. The Hall–Kier alpha value is -2.29. The number of sulfonamides is 1. The Bertz CT molecular complexity index is 786. The van der Waals surface area contributed by atoms with E-state index in [1.54, 1.807) is 4.72 Å². The van der Waals surface area contributed by atoms with Crippen molar-refractivity contribution < 1.29 is 26.0 Å². The lowest BCUT2D eigenvalue weighted by Gasteiger charge is -2.10. The lowest BCUT2D eigenvalue weighted by atomic mass is 10.3. The minimum atomic E-state index is -4.70. The van der Waals surface area contributed by atoms with Crippen molar-refractivity contribution in [2.45, 2.75) is 4.90 Å². The summed E-state index contributed by atoms with van der Waals surface area (Å²) in [6, 6.07) is 3.37. The van der Waals surface area contributed by atoms with Crippen LogP contribution in [0.1, 0.15) is 0 Å². The van der Waals surface area contributed by atoms with E-state index in [1.165, 1.54) is 0 Å². The van der Waals surface area contributed by atoms with E-state index in [4.69, 9.17) is 5.73 Å². The van der Waals surface area contributed by atoms with Gasteiger partial charge in [0.1, 0.15) is 23.3 Å². The maximum absolute atomic E-state index is 13.5. The van der Waals surface area contributed by atoms with Gasteiger partial charge in [-0.05, 0) is 12.1 Å². The Kier molecular flexibility index (Phi) is 3.77. The quantitative estimate of drug-likeness (QED) is 0.674.